The molecule has 0 saturated heterocycles. The summed E-state index contributed by atoms with van der Waals surface area (Å²) in [7, 11) is 0. The van der Waals surface area contributed by atoms with Gasteiger partial charge in [-0.1, -0.05) is 61.8 Å². The van der Waals surface area contributed by atoms with Gasteiger partial charge in [-0.25, -0.2) is 9.38 Å². The first-order valence-electron chi connectivity index (χ1n) is 14.0. The molecule has 2 heterocycles. The Kier molecular flexibility index (Phi) is 15.7. The molecule has 2 N–H and O–H groups in total. The van der Waals surface area contributed by atoms with Crippen LogP contribution in [0.5, 0.6) is 5.75 Å². The van der Waals surface area contributed by atoms with Crippen molar-refractivity contribution < 1.29 is 27.1 Å². The molecule has 3 rings (SSSR count). The van der Waals surface area contributed by atoms with E-state index in [4.69, 9.17) is 5.73 Å². The van der Waals surface area contributed by atoms with Crippen LogP contribution in [0.15, 0.2) is 75.7 Å². The second-order valence-corrected chi connectivity index (χ2v) is 10.9. The van der Waals surface area contributed by atoms with Crippen LogP contribution >= 0.6 is 11.3 Å². The van der Waals surface area contributed by atoms with Crippen LogP contribution in [0, 0.1) is 5.82 Å². The lowest BCUT2D eigenvalue weighted by Gasteiger charge is -2.27. The summed E-state index contributed by atoms with van der Waals surface area (Å²) >= 11 is 1.42. The van der Waals surface area contributed by atoms with Crippen LogP contribution in [0.1, 0.15) is 77.8 Å². The van der Waals surface area contributed by atoms with Crippen molar-refractivity contribution in [3.63, 3.8) is 0 Å². The zero-order valence-electron chi connectivity index (χ0n) is 26.2. The van der Waals surface area contributed by atoms with Gasteiger partial charge in [0.25, 0.3) is 0 Å². The molecule has 43 heavy (non-hydrogen) atoms. The number of fused-ring (bicyclic) bond motifs is 1. The number of aliphatic imine (C=N–C) groups is 1. The maximum absolute atomic E-state index is 13.7. The van der Waals surface area contributed by atoms with Crippen LogP contribution in [0.2, 0.25) is 0 Å². The Morgan fingerprint density at radius 3 is 2.33 bits per heavy atom. The molecule has 1 aromatic heterocycles. The predicted octanol–water partition coefficient (Wildman–Crippen LogP) is 9.56. The molecule has 1 aliphatic rings. The van der Waals surface area contributed by atoms with Gasteiger partial charge in [-0.3, -0.25) is 4.79 Å². The summed E-state index contributed by atoms with van der Waals surface area (Å²) in [5.74, 6) is -1.61. The van der Waals surface area contributed by atoms with Crippen molar-refractivity contribution in [1.29, 1.82) is 0 Å². The Morgan fingerprint density at radius 1 is 1.12 bits per heavy atom. The fourth-order valence-electron chi connectivity index (χ4n) is 3.57. The first-order valence-corrected chi connectivity index (χ1v) is 14.9. The predicted molar refractivity (Wildman–Crippen MR) is 170 cm³/mol. The first kappa shape index (κ1) is 37.4. The van der Waals surface area contributed by atoms with Crippen LogP contribution in [0.3, 0.4) is 0 Å². The molecule has 5 nitrogen and oxygen atoms in total. The minimum absolute atomic E-state index is 0.0308. The molecule has 0 fully saturated rings. The number of carbonyl (C=O) groups excluding carboxylic acids is 1. The van der Waals surface area contributed by atoms with E-state index in [0.29, 0.717) is 36.7 Å². The van der Waals surface area contributed by atoms with Gasteiger partial charge in [0.1, 0.15) is 17.4 Å². The fraction of sp³-hybridized carbons (Fsp3) is 0.394. The molecule has 1 aromatic carbocycles. The van der Waals surface area contributed by atoms with Gasteiger partial charge in [0.15, 0.2) is 0 Å². The topological polar surface area (TPSA) is 67.9 Å². The average molecular weight is 622 g/mol. The van der Waals surface area contributed by atoms with Crippen LogP contribution in [-0.2, 0) is 17.8 Å². The summed E-state index contributed by atoms with van der Waals surface area (Å²) in [5.41, 5.74) is 10.9. The van der Waals surface area contributed by atoms with Crippen LogP contribution in [-0.4, -0.2) is 29.5 Å². The van der Waals surface area contributed by atoms with E-state index in [1.165, 1.54) is 28.9 Å². The number of nitrogens with two attached hydrogens (primary N) is 1. The van der Waals surface area contributed by atoms with Gasteiger partial charge in [-0.15, -0.1) is 24.5 Å². The lowest BCUT2D eigenvalue weighted by Crippen LogP contribution is -2.36. The Labute approximate surface area is 257 Å². The van der Waals surface area contributed by atoms with Crippen molar-refractivity contribution >= 4 is 28.8 Å². The van der Waals surface area contributed by atoms with Crippen molar-refractivity contribution in [3.05, 3.63) is 92.5 Å². The highest BCUT2D eigenvalue weighted by molar-refractivity contribution is 7.10. The smallest absolute Gasteiger partial charge is 0.406 e. The highest BCUT2D eigenvalue weighted by Gasteiger charge is 2.31. The third-order valence-electron chi connectivity index (χ3n) is 6.06. The highest BCUT2D eigenvalue weighted by Crippen LogP contribution is 2.31. The van der Waals surface area contributed by atoms with Crippen molar-refractivity contribution in [2.45, 2.75) is 81.1 Å². The summed E-state index contributed by atoms with van der Waals surface area (Å²) in [6.45, 7) is 17.2. The molecule has 0 bridgehead atoms. The molecule has 0 unspecified atom stereocenters. The zero-order chi connectivity index (χ0) is 32.7. The van der Waals surface area contributed by atoms with Crippen LogP contribution in [0.4, 0.5) is 23.2 Å². The number of nitrogens with zero attached hydrogens (tertiary/aromatic N) is 2. The number of hydrogen-bond acceptors (Lipinski definition) is 4. The standard InChI is InChI=1S/C20H19F4N3O2S.C10H16.C3H8/c1-3-11(2)19(28)27-5-4-15-16(10-30-17(15)9-27)18(25)26-13-6-12(21)7-14(8-13)29-20(22,23)24;1-5-6-7-8-10(4)9(2)3;1-3-2/h3,6-8,10H,4-5,9H2,1-2H3,(H2,25,26);5-8H,1-4H3;3H2,1-2H3/b11-3+;6-5-,8-7-;. The number of rotatable bonds is 6. The van der Waals surface area contributed by atoms with Gasteiger partial charge in [0, 0.05) is 40.1 Å². The average Bonchev–Trinajstić information content (AvgIpc) is 3.35. The Hall–Kier alpha value is -3.66. The molecule has 1 amide bonds. The van der Waals surface area contributed by atoms with E-state index in [9.17, 15) is 22.4 Å². The number of amides is 1. The molecule has 1 aliphatic heterocycles. The van der Waals surface area contributed by atoms with Crippen LogP contribution in [0.25, 0.3) is 0 Å². The number of carbonyl (C=O) groups is 1. The molecular formula is C33H43F4N3O2S. The van der Waals surface area contributed by atoms with Gasteiger partial charge in [-0.2, -0.15) is 0 Å². The lowest BCUT2D eigenvalue weighted by atomic mass is 10.0. The molecule has 0 spiro atoms. The molecule has 0 saturated carbocycles. The minimum Gasteiger partial charge on any atom is -0.406 e. The Balaban J connectivity index is 0.000000599. The van der Waals surface area contributed by atoms with E-state index in [1.807, 2.05) is 19.1 Å². The van der Waals surface area contributed by atoms with Gasteiger partial charge in [0.2, 0.25) is 5.91 Å². The molecule has 2 aromatic rings. The quantitative estimate of drug-likeness (QED) is 0.115. The number of halogens is 4. The van der Waals surface area contributed by atoms with Gasteiger partial charge >= 0.3 is 6.36 Å². The van der Waals surface area contributed by atoms with Crippen molar-refractivity contribution in [2.24, 2.45) is 10.7 Å². The van der Waals surface area contributed by atoms with Crippen LogP contribution < -0.4 is 10.5 Å². The van der Waals surface area contributed by atoms with Crippen molar-refractivity contribution in [1.82, 2.24) is 4.90 Å². The van der Waals surface area contributed by atoms with Gasteiger partial charge < -0.3 is 15.4 Å². The van der Waals surface area contributed by atoms with Gasteiger partial charge in [0.05, 0.1) is 12.2 Å². The summed E-state index contributed by atoms with van der Waals surface area (Å²) in [6.07, 6.45) is 6.87. The number of amidine groups is 1. The normalized spacial score (nSPS) is 13.6. The third kappa shape index (κ3) is 13.0. The molecule has 0 radical (unpaired) electrons. The molecule has 10 heteroatoms. The highest BCUT2D eigenvalue weighted by atomic mass is 32.1. The maximum Gasteiger partial charge on any atom is 0.573 e. The molecule has 236 valence electrons. The number of alkyl halides is 3. The van der Waals surface area contributed by atoms with Crippen molar-refractivity contribution in [2.75, 3.05) is 6.54 Å². The second kappa shape index (κ2) is 18.1. The van der Waals surface area contributed by atoms with E-state index >= 15 is 0 Å². The number of hydrogen-bond donors (Lipinski definition) is 1. The summed E-state index contributed by atoms with van der Waals surface area (Å²) < 4.78 is 54.7. The monoisotopic (exact) mass is 621 g/mol. The van der Waals surface area contributed by atoms with E-state index in [0.717, 1.165) is 22.6 Å². The third-order valence-corrected chi connectivity index (χ3v) is 7.07. The summed E-state index contributed by atoms with van der Waals surface area (Å²) in [5, 5.41) is 1.78. The van der Waals surface area contributed by atoms with E-state index < -0.39 is 17.9 Å². The number of thiophene rings is 1. The number of benzene rings is 1. The molecule has 0 aliphatic carbocycles. The Morgan fingerprint density at radius 2 is 1.77 bits per heavy atom. The summed E-state index contributed by atoms with van der Waals surface area (Å²) in [4.78, 5) is 19.2. The fourth-order valence-corrected chi connectivity index (χ4v) is 4.68. The number of ether oxygens (including phenoxy) is 1. The lowest BCUT2D eigenvalue weighted by molar-refractivity contribution is -0.274. The first-order chi connectivity index (χ1) is 20.2. The van der Waals surface area contributed by atoms with E-state index in [2.05, 4.69) is 56.5 Å². The van der Waals surface area contributed by atoms with E-state index in [-0.39, 0.29) is 17.4 Å². The zero-order valence-corrected chi connectivity index (χ0v) is 27.0. The van der Waals surface area contributed by atoms with E-state index in [1.54, 1.807) is 30.2 Å². The largest absolute Gasteiger partial charge is 0.573 e. The number of allylic oxidation sites excluding steroid dienone is 7. The molecule has 0 atom stereocenters. The van der Waals surface area contributed by atoms with Gasteiger partial charge in [-0.05, 0) is 59.6 Å². The second-order valence-electron chi connectivity index (χ2n) is 9.96. The SMILES string of the molecule is C/C=C(\C)C(=O)N1CCc2c(C(N)=Nc3cc(F)cc(OC(F)(F)F)c3)csc2C1.C/C=C\C=C/C(C)=C(C)C.CCC. The Bertz CT molecular complexity index is 1360. The molecular weight excluding hydrogens is 578 g/mol. The van der Waals surface area contributed by atoms with Crippen molar-refractivity contribution in [3.8, 4) is 5.75 Å². The minimum atomic E-state index is -4.94. The maximum atomic E-state index is 13.7. The summed E-state index contributed by atoms with van der Waals surface area (Å²) in [6, 6.07) is 2.55.